The molecule has 1 aromatic carbocycles. The lowest BCUT2D eigenvalue weighted by Gasteiger charge is -2.11. The Hall–Kier alpha value is -0.860. The minimum Gasteiger partial charge on any atom is -0.271 e. The van der Waals surface area contributed by atoms with E-state index in [9.17, 15) is 0 Å². The summed E-state index contributed by atoms with van der Waals surface area (Å²) >= 11 is 0. The molecule has 0 saturated carbocycles. The lowest BCUT2D eigenvalue weighted by Crippen LogP contribution is -2.25. The van der Waals surface area contributed by atoms with Gasteiger partial charge in [0.1, 0.15) is 0 Å². The molecule has 0 aliphatic carbocycles. The van der Waals surface area contributed by atoms with E-state index in [1.807, 2.05) is 6.92 Å². The summed E-state index contributed by atoms with van der Waals surface area (Å²) in [6.07, 6.45) is 0. The minimum absolute atomic E-state index is 0.223. The number of hydrazine groups is 1. The van der Waals surface area contributed by atoms with Crippen LogP contribution in [0.4, 0.5) is 0 Å². The Morgan fingerprint density at radius 2 is 1.46 bits per heavy atom. The fourth-order valence-electron chi connectivity index (χ4n) is 1.27. The number of hydrogen-bond acceptors (Lipinski definition) is 2. The first kappa shape index (κ1) is 10.2. The Morgan fingerprint density at radius 1 is 1.00 bits per heavy atom. The maximum absolute atomic E-state index is 5.35. The van der Waals surface area contributed by atoms with Crippen LogP contribution in [0.5, 0.6) is 0 Å². The van der Waals surface area contributed by atoms with Crippen molar-refractivity contribution in [2.45, 2.75) is 32.7 Å². The second kappa shape index (κ2) is 4.40. The molecular weight excluding hydrogens is 160 g/mol. The largest absolute Gasteiger partial charge is 0.271 e. The summed E-state index contributed by atoms with van der Waals surface area (Å²) in [7, 11) is 0. The SMILES string of the molecule is CC(C)c1ccc([C@H](C)NN)cc1. The average Bonchev–Trinajstić information content (AvgIpc) is 2.17. The Kier molecular flexibility index (Phi) is 3.46. The molecule has 0 saturated heterocycles. The first-order chi connectivity index (χ1) is 6.15. The third-order valence-electron chi connectivity index (χ3n) is 2.35. The maximum Gasteiger partial charge on any atom is 0.0431 e. The molecular formula is C11H18N2. The molecule has 0 radical (unpaired) electrons. The molecule has 3 N–H and O–H groups in total. The van der Waals surface area contributed by atoms with Crippen molar-refractivity contribution in [2.24, 2.45) is 5.84 Å². The van der Waals surface area contributed by atoms with Gasteiger partial charge in [-0.15, -0.1) is 0 Å². The topological polar surface area (TPSA) is 38.0 Å². The predicted molar refractivity (Wildman–Crippen MR) is 56.3 cm³/mol. The molecule has 1 rings (SSSR count). The van der Waals surface area contributed by atoms with E-state index in [0.29, 0.717) is 5.92 Å². The van der Waals surface area contributed by atoms with Crippen molar-refractivity contribution in [3.63, 3.8) is 0 Å². The Labute approximate surface area is 80.1 Å². The van der Waals surface area contributed by atoms with Crippen LogP contribution in [0, 0.1) is 0 Å². The second-order valence-corrected chi connectivity index (χ2v) is 3.71. The maximum atomic E-state index is 5.35. The van der Waals surface area contributed by atoms with Crippen molar-refractivity contribution >= 4 is 0 Å². The van der Waals surface area contributed by atoms with Gasteiger partial charge in [-0.2, -0.15) is 0 Å². The second-order valence-electron chi connectivity index (χ2n) is 3.71. The quantitative estimate of drug-likeness (QED) is 0.550. The molecule has 2 heteroatoms. The highest BCUT2D eigenvalue weighted by atomic mass is 15.2. The van der Waals surface area contributed by atoms with Crippen LogP contribution in [0.3, 0.4) is 0 Å². The molecule has 0 heterocycles. The molecule has 0 aromatic heterocycles. The van der Waals surface area contributed by atoms with E-state index in [2.05, 4.69) is 43.5 Å². The van der Waals surface area contributed by atoms with Crippen LogP contribution in [-0.4, -0.2) is 0 Å². The Balaban J connectivity index is 2.81. The molecule has 0 spiro atoms. The van der Waals surface area contributed by atoms with Gasteiger partial charge in [0, 0.05) is 6.04 Å². The smallest absolute Gasteiger partial charge is 0.0431 e. The van der Waals surface area contributed by atoms with Gasteiger partial charge in [0.2, 0.25) is 0 Å². The van der Waals surface area contributed by atoms with Gasteiger partial charge < -0.3 is 0 Å². The molecule has 72 valence electrons. The van der Waals surface area contributed by atoms with Gasteiger partial charge in [-0.25, -0.2) is 0 Å². The zero-order chi connectivity index (χ0) is 9.84. The minimum atomic E-state index is 0.223. The lowest BCUT2D eigenvalue weighted by molar-refractivity contribution is 0.602. The van der Waals surface area contributed by atoms with Gasteiger partial charge in [-0.1, -0.05) is 38.1 Å². The fourth-order valence-corrected chi connectivity index (χ4v) is 1.27. The van der Waals surface area contributed by atoms with E-state index < -0.39 is 0 Å². The Morgan fingerprint density at radius 3 is 1.85 bits per heavy atom. The average molecular weight is 178 g/mol. The van der Waals surface area contributed by atoms with Gasteiger partial charge in [-0.05, 0) is 24.0 Å². The summed E-state index contributed by atoms with van der Waals surface area (Å²) in [5, 5.41) is 0. The molecule has 2 nitrogen and oxygen atoms in total. The van der Waals surface area contributed by atoms with E-state index in [-0.39, 0.29) is 6.04 Å². The van der Waals surface area contributed by atoms with E-state index in [1.165, 1.54) is 11.1 Å². The van der Waals surface area contributed by atoms with Crippen molar-refractivity contribution < 1.29 is 0 Å². The predicted octanol–water partition coefficient (Wildman–Crippen LogP) is 2.33. The summed E-state index contributed by atoms with van der Waals surface area (Å²) in [4.78, 5) is 0. The summed E-state index contributed by atoms with van der Waals surface area (Å²) < 4.78 is 0. The van der Waals surface area contributed by atoms with E-state index in [1.54, 1.807) is 0 Å². The highest BCUT2D eigenvalue weighted by Crippen LogP contribution is 2.17. The van der Waals surface area contributed by atoms with Crippen LogP contribution < -0.4 is 11.3 Å². The monoisotopic (exact) mass is 178 g/mol. The van der Waals surface area contributed by atoms with Crippen LogP contribution >= 0.6 is 0 Å². The zero-order valence-corrected chi connectivity index (χ0v) is 8.54. The van der Waals surface area contributed by atoms with Crippen molar-refractivity contribution in [3.8, 4) is 0 Å². The molecule has 13 heavy (non-hydrogen) atoms. The summed E-state index contributed by atoms with van der Waals surface area (Å²) in [5.74, 6) is 5.94. The molecule has 1 aromatic rings. The third kappa shape index (κ3) is 2.54. The van der Waals surface area contributed by atoms with E-state index in [0.717, 1.165) is 0 Å². The molecule has 0 aliphatic heterocycles. The van der Waals surface area contributed by atoms with E-state index >= 15 is 0 Å². The van der Waals surface area contributed by atoms with Crippen molar-refractivity contribution in [2.75, 3.05) is 0 Å². The van der Waals surface area contributed by atoms with E-state index in [4.69, 9.17) is 5.84 Å². The van der Waals surface area contributed by atoms with Crippen LogP contribution in [0.2, 0.25) is 0 Å². The molecule has 0 fully saturated rings. The van der Waals surface area contributed by atoms with Crippen LogP contribution in [0.1, 0.15) is 43.9 Å². The van der Waals surface area contributed by atoms with Crippen LogP contribution in [-0.2, 0) is 0 Å². The number of rotatable bonds is 3. The summed E-state index contributed by atoms with van der Waals surface area (Å²) in [6, 6.07) is 8.79. The normalized spacial score (nSPS) is 13.3. The van der Waals surface area contributed by atoms with Gasteiger partial charge in [0.25, 0.3) is 0 Å². The van der Waals surface area contributed by atoms with Crippen LogP contribution in [0.25, 0.3) is 0 Å². The molecule has 0 aliphatic rings. The highest BCUT2D eigenvalue weighted by Gasteiger charge is 2.03. The molecule has 1 atom stereocenters. The molecule has 0 amide bonds. The van der Waals surface area contributed by atoms with Crippen molar-refractivity contribution in [1.82, 2.24) is 5.43 Å². The molecule has 0 unspecified atom stereocenters. The first-order valence-corrected chi connectivity index (χ1v) is 4.71. The van der Waals surface area contributed by atoms with Gasteiger partial charge in [0.05, 0.1) is 0 Å². The summed E-state index contributed by atoms with van der Waals surface area (Å²) in [6.45, 7) is 6.43. The fraction of sp³-hybridized carbons (Fsp3) is 0.455. The van der Waals surface area contributed by atoms with Gasteiger partial charge >= 0.3 is 0 Å². The van der Waals surface area contributed by atoms with Crippen LogP contribution in [0.15, 0.2) is 24.3 Å². The highest BCUT2D eigenvalue weighted by molar-refractivity contribution is 5.26. The standard InChI is InChI=1S/C11H18N2/c1-8(2)10-4-6-11(7-5-10)9(3)13-12/h4-9,13H,12H2,1-3H3/t9-/m0/s1. The number of hydrogen-bond donors (Lipinski definition) is 2. The summed E-state index contributed by atoms with van der Waals surface area (Å²) in [5.41, 5.74) is 5.33. The van der Waals surface area contributed by atoms with Gasteiger partial charge in [-0.3, -0.25) is 11.3 Å². The first-order valence-electron chi connectivity index (χ1n) is 4.71. The number of benzene rings is 1. The number of nitrogens with one attached hydrogen (secondary N) is 1. The molecule has 0 bridgehead atoms. The van der Waals surface area contributed by atoms with Gasteiger partial charge in [0.15, 0.2) is 0 Å². The number of nitrogens with two attached hydrogens (primary N) is 1. The Bertz CT molecular complexity index is 251. The van der Waals surface area contributed by atoms with Crippen molar-refractivity contribution in [1.29, 1.82) is 0 Å². The third-order valence-corrected chi connectivity index (χ3v) is 2.35. The zero-order valence-electron chi connectivity index (χ0n) is 8.54. The van der Waals surface area contributed by atoms with Crippen molar-refractivity contribution in [3.05, 3.63) is 35.4 Å². The lowest BCUT2D eigenvalue weighted by atomic mass is 10.00.